The molecule has 1 unspecified atom stereocenters. The molecule has 0 amide bonds. The molecule has 0 N–H and O–H groups in total. The summed E-state index contributed by atoms with van der Waals surface area (Å²) in [6.45, 7) is 4.15. The number of esters is 1. The van der Waals surface area contributed by atoms with E-state index in [4.69, 9.17) is 4.74 Å². The second-order valence-corrected chi connectivity index (χ2v) is 3.97. The molecule has 1 heterocycles. The summed E-state index contributed by atoms with van der Waals surface area (Å²) >= 11 is 1.34. The Balaban J connectivity index is 2.58. The molecule has 1 aromatic heterocycles. The highest BCUT2D eigenvalue weighted by molar-refractivity contribution is 8.00. The van der Waals surface area contributed by atoms with E-state index in [9.17, 15) is 4.79 Å². The fourth-order valence-corrected chi connectivity index (χ4v) is 1.84. The highest BCUT2D eigenvalue weighted by Gasteiger charge is 2.19. The fourth-order valence-electron chi connectivity index (χ4n) is 1.01. The summed E-state index contributed by atoms with van der Waals surface area (Å²) in [6.07, 6.45) is 4.03. The van der Waals surface area contributed by atoms with E-state index >= 15 is 0 Å². The maximum Gasteiger partial charge on any atom is 0.319 e. The number of hydrogen-bond donors (Lipinski definition) is 0. The van der Waals surface area contributed by atoms with Gasteiger partial charge in [-0.05, 0) is 19.4 Å². The highest BCUT2D eigenvalue weighted by atomic mass is 32.2. The van der Waals surface area contributed by atoms with Gasteiger partial charge < -0.3 is 4.74 Å². The minimum atomic E-state index is -0.215. The van der Waals surface area contributed by atoms with E-state index in [0.717, 1.165) is 0 Å². The summed E-state index contributed by atoms with van der Waals surface area (Å²) in [5, 5.41) is 0.393. The standard InChI is InChI=1S/C10H14N2O2S/c1-3-8(9(13)14-4-2)15-10-11-6-5-7-12-10/h5-8H,3-4H2,1-2H3. The van der Waals surface area contributed by atoms with Gasteiger partial charge in [0, 0.05) is 12.4 Å². The molecular weight excluding hydrogens is 212 g/mol. The Hall–Kier alpha value is -1.10. The monoisotopic (exact) mass is 226 g/mol. The Morgan fingerprint density at radius 3 is 2.67 bits per heavy atom. The van der Waals surface area contributed by atoms with Crippen LogP contribution in [0.4, 0.5) is 0 Å². The third kappa shape index (κ3) is 3.87. The Bertz CT molecular complexity index is 306. The van der Waals surface area contributed by atoms with Crippen LogP contribution in [0.5, 0.6) is 0 Å². The fraction of sp³-hybridized carbons (Fsp3) is 0.500. The molecule has 0 aromatic carbocycles. The van der Waals surface area contributed by atoms with Crippen LogP contribution in [0.2, 0.25) is 0 Å². The van der Waals surface area contributed by atoms with E-state index in [1.54, 1.807) is 25.4 Å². The molecule has 15 heavy (non-hydrogen) atoms. The van der Waals surface area contributed by atoms with Gasteiger partial charge in [0.2, 0.25) is 0 Å². The summed E-state index contributed by atoms with van der Waals surface area (Å²) < 4.78 is 4.95. The predicted molar refractivity (Wildman–Crippen MR) is 58.6 cm³/mol. The van der Waals surface area contributed by atoms with Gasteiger partial charge in [-0.25, -0.2) is 9.97 Å². The third-order valence-electron chi connectivity index (χ3n) is 1.71. The average Bonchev–Trinajstić information content (AvgIpc) is 2.27. The predicted octanol–water partition coefficient (Wildman–Crippen LogP) is 1.91. The second-order valence-electron chi connectivity index (χ2n) is 2.80. The Morgan fingerprint density at radius 2 is 2.13 bits per heavy atom. The molecule has 0 aliphatic carbocycles. The number of nitrogens with zero attached hydrogens (tertiary/aromatic N) is 2. The smallest absolute Gasteiger partial charge is 0.319 e. The van der Waals surface area contributed by atoms with E-state index < -0.39 is 0 Å². The van der Waals surface area contributed by atoms with E-state index in [0.29, 0.717) is 18.2 Å². The van der Waals surface area contributed by atoms with Crippen LogP contribution < -0.4 is 0 Å². The van der Waals surface area contributed by atoms with Crippen LogP contribution >= 0.6 is 11.8 Å². The summed E-state index contributed by atoms with van der Waals surface area (Å²) in [4.78, 5) is 19.6. The Labute approximate surface area is 93.5 Å². The summed E-state index contributed by atoms with van der Waals surface area (Å²) in [6, 6.07) is 1.75. The lowest BCUT2D eigenvalue weighted by Crippen LogP contribution is -2.19. The van der Waals surface area contributed by atoms with Crippen molar-refractivity contribution in [3.63, 3.8) is 0 Å². The number of carbonyl (C=O) groups excluding carboxylic acids is 1. The summed E-state index contributed by atoms with van der Waals surface area (Å²) in [7, 11) is 0. The maximum absolute atomic E-state index is 11.5. The Kier molecular flexibility index (Phi) is 5.10. The van der Waals surface area contributed by atoms with Crippen molar-refractivity contribution in [3.05, 3.63) is 18.5 Å². The number of carbonyl (C=O) groups is 1. The normalized spacial score (nSPS) is 12.1. The van der Waals surface area contributed by atoms with Crippen molar-refractivity contribution in [2.45, 2.75) is 30.7 Å². The van der Waals surface area contributed by atoms with Gasteiger partial charge in [-0.15, -0.1) is 0 Å². The van der Waals surface area contributed by atoms with Crippen molar-refractivity contribution >= 4 is 17.7 Å². The van der Waals surface area contributed by atoms with Gasteiger partial charge in [0.25, 0.3) is 0 Å². The topological polar surface area (TPSA) is 52.1 Å². The van der Waals surface area contributed by atoms with Crippen LogP contribution in [-0.2, 0) is 9.53 Å². The van der Waals surface area contributed by atoms with E-state index in [1.165, 1.54) is 11.8 Å². The van der Waals surface area contributed by atoms with Crippen LogP contribution in [-0.4, -0.2) is 27.8 Å². The molecule has 0 fully saturated rings. The molecule has 1 aromatic rings. The second kappa shape index (κ2) is 6.40. The van der Waals surface area contributed by atoms with E-state index in [2.05, 4.69) is 9.97 Å². The molecule has 82 valence electrons. The van der Waals surface area contributed by atoms with Gasteiger partial charge in [0.15, 0.2) is 5.16 Å². The van der Waals surface area contributed by atoms with Crippen molar-refractivity contribution in [2.75, 3.05) is 6.61 Å². The van der Waals surface area contributed by atoms with E-state index in [-0.39, 0.29) is 11.2 Å². The van der Waals surface area contributed by atoms with Crippen LogP contribution in [0.15, 0.2) is 23.6 Å². The van der Waals surface area contributed by atoms with Gasteiger partial charge in [-0.3, -0.25) is 4.79 Å². The largest absolute Gasteiger partial charge is 0.465 e. The van der Waals surface area contributed by atoms with E-state index in [1.807, 2.05) is 6.92 Å². The zero-order valence-corrected chi connectivity index (χ0v) is 9.66. The number of ether oxygens (including phenoxy) is 1. The third-order valence-corrected chi connectivity index (χ3v) is 2.94. The molecule has 0 aliphatic heterocycles. The summed E-state index contributed by atoms with van der Waals surface area (Å²) in [5.74, 6) is -0.197. The first-order chi connectivity index (χ1) is 7.27. The van der Waals surface area contributed by atoms with Crippen LogP contribution in [0.3, 0.4) is 0 Å². The molecular formula is C10H14N2O2S. The number of hydrogen-bond acceptors (Lipinski definition) is 5. The van der Waals surface area contributed by atoms with Crippen molar-refractivity contribution in [1.82, 2.24) is 9.97 Å². The molecule has 0 aliphatic rings. The molecule has 0 saturated heterocycles. The molecule has 0 bridgehead atoms. The first kappa shape index (κ1) is 12.0. The van der Waals surface area contributed by atoms with Gasteiger partial charge in [0.1, 0.15) is 5.25 Å². The lowest BCUT2D eigenvalue weighted by molar-refractivity contribution is -0.142. The van der Waals surface area contributed by atoms with Crippen LogP contribution in [0, 0.1) is 0 Å². The van der Waals surface area contributed by atoms with Crippen molar-refractivity contribution in [1.29, 1.82) is 0 Å². The molecule has 0 radical (unpaired) electrons. The number of aromatic nitrogens is 2. The average molecular weight is 226 g/mol. The highest BCUT2D eigenvalue weighted by Crippen LogP contribution is 2.22. The van der Waals surface area contributed by atoms with Gasteiger partial charge >= 0.3 is 5.97 Å². The lowest BCUT2D eigenvalue weighted by atomic mass is 10.3. The molecule has 0 saturated carbocycles. The SMILES string of the molecule is CCOC(=O)C(CC)Sc1ncccn1. The zero-order chi connectivity index (χ0) is 11.1. The first-order valence-electron chi connectivity index (χ1n) is 4.88. The lowest BCUT2D eigenvalue weighted by Gasteiger charge is -2.11. The van der Waals surface area contributed by atoms with Crippen LogP contribution in [0.25, 0.3) is 0 Å². The molecule has 0 spiro atoms. The van der Waals surface area contributed by atoms with Gasteiger partial charge in [0.05, 0.1) is 6.61 Å². The van der Waals surface area contributed by atoms with Crippen molar-refractivity contribution in [2.24, 2.45) is 0 Å². The molecule has 5 heteroatoms. The maximum atomic E-state index is 11.5. The zero-order valence-electron chi connectivity index (χ0n) is 8.84. The van der Waals surface area contributed by atoms with Crippen LogP contribution in [0.1, 0.15) is 20.3 Å². The number of rotatable bonds is 5. The number of thioether (sulfide) groups is 1. The quantitative estimate of drug-likeness (QED) is 0.436. The molecule has 4 nitrogen and oxygen atoms in total. The minimum Gasteiger partial charge on any atom is -0.465 e. The first-order valence-corrected chi connectivity index (χ1v) is 5.76. The van der Waals surface area contributed by atoms with Gasteiger partial charge in [-0.1, -0.05) is 18.7 Å². The summed E-state index contributed by atoms with van der Waals surface area (Å²) in [5.41, 5.74) is 0. The van der Waals surface area contributed by atoms with Gasteiger partial charge in [-0.2, -0.15) is 0 Å². The minimum absolute atomic E-state index is 0.197. The van der Waals surface area contributed by atoms with Crippen molar-refractivity contribution < 1.29 is 9.53 Å². The molecule has 1 rings (SSSR count). The molecule has 1 atom stereocenters. The Morgan fingerprint density at radius 1 is 1.47 bits per heavy atom. The van der Waals surface area contributed by atoms with Crippen molar-refractivity contribution in [3.8, 4) is 0 Å².